The minimum absolute atomic E-state index is 0.760. The van der Waals surface area contributed by atoms with E-state index < -0.39 is 0 Å². The molecule has 3 heteroatoms. The molecule has 0 amide bonds. The Labute approximate surface area is 146 Å². The zero-order valence-electron chi connectivity index (χ0n) is 13.5. The Morgan fingerprint density at radius 2 is 1.83 bits per heavy atom. The van der Waals surface area contributed by atoms with Gasteiger partial charge in [-0.15, -0.1) is 0 Å². The third-order valence-electron chi connectivity index (χ3n) is 4.39. The lowest BCUT2D eigenvalue weighted by Crippen LogP contribution is -1.99. The SMILES string of the molecule is CCc1ccc2[nH]c(-c3ccc(Br)cc3)c(CCCCN)c2c1. The largest absolute Gasteiger partial charge is 0.354 e. The molecule has 120 valence electrons. The predicted octanol–water partition coefficient (Wildman–Crippen LogP) is 5.44. The van der Waals surface area contributed by atoms with Crippen LogP contribution < -0.4 is 5.73 Å². The Hall–Kier alpha value is -1.58. The second kappa shape index (κ2) is 7.33. The zero-order valence-corrected chi connectivity index (χ0v) is 15.1. The molecule has 3 aromatic rings. The molecule has 1 aromatic heterocycles. The van der Waals surface area contributed by atoms with Crippen molar-refractivity contribution in [3.63, 3.8) is 0 Å². The lowest BCUT2D eigenvalue weighted by Gasteiger charge is -2.06. The van der Waals surface area contributed by atoms with Crippen molar-refractivity contribution in [1.82, 2.24) is 4.98 Å². The summed E-state index contributed by atoms with van der Waals surface area (Å²) in [7, 11) is 0. The van der Waals surface area contributed by atoms with Crippen LogP contribution in [0.5, 0.6) is 0 Å². The molecule has 0 spiro atoms. The minimum Gasteiger partial charge on any atom is -0.354 e. The first-order valence-electron chi connectivity index (χ1n) is 8.32. The van der Waals surface area contributed by atoms with Crippen molar-refractivity contribution >= 4 is 26.8 Å². The van der Waals surface area contributed by atoms with Crippen molar-refractivity contribution in [1.29, 1.82) is 0 Å². The Morgan fingerprint density at radius 3 is 2.52 bits per heavy atom. The normalized spacial score (nSPS) is 11.3. The average Bonchev–Trinajstić information content (AvgIpc) is 2.93. The first-order valence-corrected chi connectivity index (χ1v) is 9.11. The van der Waals surface area contributed by atoms with Crippen molar-refractivity contribution < 1.29 is 0 Å². The van der Waals surface area contributed by atoms with Crippen LogP contribution in [0.1, 0.15) is 30.9 Å². The van der Waals surface area contributed by atoms with Gasteiger partial charge in [-0.2, -0.15) is 0 Å². The molecule has 0 aliphatic rings. The topological polar surface area (TPSA) is 41.8 Å². The molecule has 0 unspecified atom stereocenters. The van der Waals surface area contributed by atoms with Gasteiger partial charge in [-0.25, -0.2) is 0 Å². The molecular weight excluding hydrogens is 348 g/mol. The van der Waals surface area contributed by atoms with Gasteiger partial charge in [0.2, 0.25) is 0 Å². The van der Waals surface area contributed by atoms with E-state index in [9.17, 15) is 0 Å². The molecule has 0 fully saturated rings. The van der Waals surface area contributed by atoms with Crippen molar-refractivity contribution in [3.8, 4) is 11.3 Å². The van der Waals surface area contributed by atoms with E-state index in [1.54, 1.807) is 0 Å². The van der Waals surface area contributed by atoms with Gasteiger partial charge in [-0.1, -0.05) is 41.1 Å². The Kier molecular flexibility index (Phi) is 5.19. The summed E-state index contributed by atoms with van der Waals surface area (Å²) in [6.07, 6.45) is 4.33. The van der Waals surface area contributed by atoms with Gasteiger partial charge in [0.05, 0.1) is 0 Å². The summed E-state index contributed by atoms with van der Waals surface area (Å²) in [5.41, 5.74) is 12.2. The molecule has 2 aromatic carbocycles. The van der Waals surface area contributed by atoms with E-state index in [2.05, 4.69) is 70.3 Å². The van der Waals surface area contributed by atoms with Crippen LogP contribution in [-0.2, 0) is 12.8 Å². The monoisotopic (exact) mass is 370 g/mol. The van der Waals surface area contributed by atoms with Gasteiger partial charge in [0.1, 0.15) is 0 Å². The van der Waals surface area contributed by atoms with Gasteiger partial charge in [-0.3, -0.25) is 0 Å². The van der Waals surface area contributed by atoms with Gasteiger partial charge in [0.25, 0.3) is 0 Å². The summed E-state index contributed by atoms with van der Waals surface area (Å²) in [5.74, 6) is 0. The number of halogens is 1. The second-order valence-corrected chi connectivity index (χ2v) is 6.88. The van der Waals surface area contributed by atoms with E-state index in [1.165, 1.54) is 33.3 Å². The van der Waals surface area contributed by atoms with E-state index in [-0.39, 0.29) is 0 Å². The molecule has 0 saturated carbocycles. The number of rotatable bonds is 6. The van der Waals surface area contributed by atoms with Crippen LogP contribution in [0, 0.1) is 0 Å². The maximum atomic E-state index is 5.68. The van der Waals surface area contributed by atoms with E-state index in [0.29, 0.717) is 0 Å². The third-order valence-corrected chi connectivity index (χ3v) is 4.92. The van der Waals surface area contributed by atoms with Crippen LogP contribution in [0.15, 0.2) is 46.9 Å². The quantitative estimate of drug-likeness (QED) is 0.557. The van der Waals surface area contributed by atoms with Gasteiger partial charge >= 0.3 is 0 Å². The molecule has 0 radical (unpaired) electrons. The predicted molar refractivity (Wildman–Crippen MR) is 103 cm³/mol. The maximum absolute atomic E-state index is 5.68. The Balaban J connectivity index is 2.10. The highest BCUT2D eigenvalue weighted by molar-refractivity contribution is 9.10. The number of aromatic amines is 1. The summed E-state index contributed by atoms with van der Waals surface area (Å²) in [6, 6.07) is 15.3. The second-order valence-electron chi connectivity index (χ2n) is 5.96. The van der Waals surface area contributed by atoms with Crippen LogP contribution in [0.25, 0.3) is 22.2 Å². The number of H-pyrrole nitrogens is 1. The third kappa shape index (κ3) is 3.51. The summed E-state index contributed by atoms with van der Waals surface area (Å²) in [5, 5.41) is 1.36. The molecule has 3 N–H and O–H groups in total. The highest BCUT2D eigenvalue weighted by Gasteiger charge is 2.13. The van der Waals surface area contributed by atoms with Gasteiger partial charge < -0.3 is 10.7 Å². The summed E-state index contributed by atoms with van der Waals surface area (Å²) < 4.78 is 1.11. The number of fused-ring (bicyclic) bond motifs is 1. The van der Waals surface area contributed by atoms with Crippen molar-refractivity contribution in [3.05, 3.63) is 58.1 Å². The summed E-state index contributed by atoms with van der Waals surface area (Å²) >= 11 is 3.52. The fourth-order valence-corrected chi connectivity index (χ4v) is 3.35. The number of aryl methyl sites for hydroxylation is 2. The van der Waals surface area contributed by atoms with Crippen molar-refractivity contribution in [2.75, 3.05) is 6.54 Å². The first-order chi connectivity index (χ1) is 11.2. The molecule has 23 heavy (non-hydrogen) atoms. The fraction of sp³-hybridized carbons (Fsp3) is 0.300. The fourth-order valence-electron chi connectivity index (χ4n) is 3.08. The lowest BCUT2D eigenvalue weighted by atomic mass is 9.99. The number of nitrogens with two attached hydrogens (primary N) is 1. The number of unbranched alkanes of at least 4 members (excludes halogenated alkanes) is 1. The molecule has 2 nitrogen and oxygen atoms in total. The molecule has 0 atom stereocenters. The average molecular weight is 371 g/mol. The van der Waals surface area contributed by atoms with Gasteiger partial charge in [0.15, 0.2) is 0 Å². The number of hydrogen-bond acceptors (Lipinski definition) is 1. The molecular formula is C20H23BrN2. The van der Waals surface area contributed by atoms with Crippen LogP contribution >= 0.6 is 15.9 Å². The molecule has 0 bridgehead atoms. The molecule has 0 aliphatic carbocycles. The van der Waals surface area contributed by atoms with Crippen molar-refractivity contribution in [2.45, 2.75) is 32.6 Å². The zero-order chi connectivity index (χ0) is 16.2. The summed E-state index contributed by atoms with van der Waals surface area (Å²) in [6.45, 7) is 2.97. The number of aromatic nitrogens is 1. The molecule has 0 aliphatic heterocycles. The Bertz CT molecular complexity index is 787. The number of hydrogen-bond donors (Lipinski definition) is 2. The van der Waals surface area contributed by atoms with Crippen LogP contribution in [0.2, 0.25) is 0 Å². The van der Waals surface area contributed by atoms with Gasteiger partial charge in [-0.05, 0) is 73.2 Å². The van der Waals surface area contributed by atoms with E-state index in [4.69, 9.17) is 5.73 Å². The van der Waals surface area contributed by atoms with Crippen LogP contribution in [0.3, 0.4) is 0 Å². The minimum atomic E-state index is 0.760. The Morgan fingerprint density at radius 1 is 1.04 bits per heavy atom. The highest BCUT2D eigenvalue weighted by Crippen LogP contribution is 2.33. The molecule has 1 heterocycles. The van der Waals surface area contributed by atoms with Crippen LogP contribution in [0.4, 0.5) is 0 Å². The highest BCUT2D eigenvalue weighted by atomic mass is 79.9. The van der Waals surface area contributed by atoms with E-state index >= 15 is 0 Å². The smallest absolute Gasteiger partial charge is 0.0497 e. The van der Waals surface area contributed by atoms with Crippen LogP contribution in [-0.4, -0.2) is 11.5 Å². The molecule has 3 rings (SSSR count). The van der Waals surface area contributed by atoms with Crippen molar-refractivity contribution in [2.24, 2.45) is 5.73 Å². The maximum Gasteiger partial charge on any atom is 0.0497 e. The summed E-state index contributed by atoms with van der Waals surface area (Å²) in [4.78, 5) is 3.63. The molecule has 0 saturated heterocycles. The van der Waals surface area contributed by atoms with E-state index in [0.717, 1.165) is 36.7 Å². The number of nitrogens with one attached hydrogen (secondary N) is 1. The standard InChI is InChI=1S/C20H23BrN2/c1-2-14-6-11-19-18(13-14)17(5-3-4-12-22)20(23-19)15-7-9-16(21)10-8-15/h6-11,13,23H,2-5,12,22H2,1H3. The first kappa shape index (κ1) is 16.3. The lowest BCUT2D eigenvalue weighted by molar-refractivity contribution is 0.748. The van der Waals surface area contributed by atoms with E-state index in [1.807, 2.05) is 0 Å². The van der Waals surface area contributed by atoms with Gasteiger partial charge in [0, 0.05) is 21.1 Å². The number of benzene rings is 2.